The van der Waals surface area contributed by atoms with Crippen molar-refractivity contribution in [1.82, 2.24) is 9.80 Å². The maximum Gasteiger partial charge on any atom is 0.228 e. The molecule has 3 rings (SSSR count). The van der Waals surface area contributed by atoms with Gasteiger partial charge >= 0.3 is 0 Å². The van der Waals surface area contributed by atoms with E-state index >= 15 is 0 Å². The van der Waals surface area contributed by atoms with Gasteiger partial charge in [0.05, 0.1) is 11.6 Å². The lowest BCUT2D eigenvalue weighted by Crippen LogP contribution is -2.51. The average Bonchev–Trinajstić information content (AvgIpc) is 2.96. The molecule has 0 aromatic heterocycles. The van der Waals surface area contributed by atoms with Crippen LogP contribution in [0.4, 0.5) is 10.1 Å². The monoisotopic (exact) mass is 333 g/mol. The van der Waals surface area contributed by atoms with E-state index in [4.69, 9.17) is 0 Å². The van der Waals surface area contributed by atoms with Crippen molar-refractivity contribution in [3.63, 3.8) is 0 Å². The van der Waals surface area contributed by atoms with Gasteiger partial charge in [-0.05, 0) is 12.1 Å². The van der Waals surface area contributed by atoms with Crippen molar-refractivity contribution >= 4 is 23.4 Å². The number of rotatable bonds is 2. The van der Waals surface area contributed by atoms with E-state index in [1.807, 2.05) is 0 Å². The largest absolute Gasteiger partial charge is 0.339 e. The van der Waals surface area contributed by atoms with Crippen molar-refractivity contribution in [3.8, 4) is 0 Å². The van der Waals surface area contributed by atoms with Crippen LogP contribution in [-0.2, 0) is 14.4 Å². The van der Waals surface area contributed by atoms with Crippen LogP contribution in [0.2, 0.25) is 0 Å². The maximum atomic E-state index is 13.9. The van der Waals surface area contributed by atoms with Crippen molar-refractivity contribution < 1.29 is 18.8 Å². The SMILES string of the molecule is CC(=O)N1CCN(C(=O)[C@H]2CC(=O)N(c3ccccc3F)C2)CC1. The average molecular weight is 333 g/mol. The zero-order valence-corrected chi connectivity index (χ0v) is 13.6. The molecule has 2 aliphatic rings. The number of nitrogens with zero attached hydrogens (tertiary/aromatic N) is 3. The van der Waals surface area contributed by atoms with Crippen LogP contribution in [-0.4, -0.2) is 60.2 Å². The summed E-state index contributed by atoms with van der Waals surface area (Å²) >= 11 is 0. The summed E-state index contributed by atoms with van der Waals surface area (Å²) in [7, 11) is 0. The van der Waals surface area contributed by atoms with E-state index in [0.29, 0.717) is 26.2 Å². The first-order chi connectivity index (χ1) is 11.5. The molecule has 3 amide bonds. The summed E-state index contributed by atoms with van der Waals surface area (Å²) in [4.78, 5) is 40.9. The number of amides is 3. The van der Waals surface area contributed by atoms with Crippen LogP contribution in [0.5, 0.6) is 0 Å². The van der Waals surface area contributed by atoms with Gasteiger partial charge in [0, 0.05) is 46.1 Å². The van der Waals surface area contributed by atoms with Gasteiger partial charge in [0.2, 0.25) is 17.7 Å². The second-order valence-corrected chi connectivity index (χ2v) is 6.19. The first-order valence-electron chi connectivity index (χ1n) is 8.06. The van der Waals surface area contributed by atoms with E-state index in [0.717, 1.165) is 0 Å². The lowest BCUT2D eigenvalue weighted by molar-refractivity contribution is -0.141. The first-order valence-corrected chi connectivity index (χ1v) is 8.06. The van der Waals surface area contributed by atoms with Gasteiger partial charge in [-0.2, -0.15) is 0 Å². The summed E-state index contributed by atoms with van der Waals surface area (Å²) in [6.45, 7) is 3.69. The predicted octanol–water partition coefficient (Wildman–Crippen LogP) is 0.869. The standard InChI is InChI=1S/C17H20FN3O3/c1-12(22)19-6-8-20(9-7-19)17(24)13-10-16(23)21(11-13)15-5-3-2-4-14(15)18/h2-5,13H,6-11H2,1H3/t13-/m0/s1. The Kier molecular flexibility index (Phi) is 4.51. The number of piperazine rings is 1. The van der Waals surface area contributed by atoms with Crippen LogP contribution in [0.1, 0.15) is 13.3 Å². The fourth-order valence-corrected chi connectivity index (χ4v) is 3.28. The number of carbonyl (C=O) groups is 3. The molecule has 2 saturated heterocycles. The highest BCUT2D eigenvalue weighted by molar-refractivity contribution is 6.00. The number of hydrogen-bond acceptors (Lipinski definition) is 3. The molecule has 0 bridgehead atoms. The second-order valence-electron chi connectivity index (χ2n) is 6.19. The molecule has 6 nitrogen and oxygen atoms in total. The Morgan fingerprint density at radius 1 is 1.08 bits per heavy atom. The van der Waals surface area contributed by atoms with Crippen LogP contribution in [0.3, 0.4) is 0 Å². The van der Waals surface area contributed by atoms with Crippen LogP contribution < -0.4 is 4.90 Å². The summed E-state index contributed by atoms with van der Waals surface area (Å²) in [5.41, 5.74) is 0.221. The molecule has 24 heavy (non-hydrogen) atoms. The Hall–Kier alpha value is -2.44. The van der Waals surface area contributed by atoms with Crippen LogP contribution in [0, 0.1) is 11.7 Å². The first kappa shape index (κ1) is 16.4. The van der Waals surface area contributed by atoms with E-state index in [2.05, 4.69) is 0 Å². The van der Waals surface area contributed by atoms with Crippen LogP contribution >= 0.6 is 0 Å². The van der Waals surface area contributed by atoms with Gasteiger partial charge in [-0.3, -0.25) is 14.4 Å². The molecule has 1 aromatic rings. The van der Waals surface area contributed by atoms with Crippen molar-refractivity contribution in [2.45, 2.75) is 13.3 Å². The fourth-order valence-electron chi connectivity index (χ4n) is 3.28. The smallest absolute Gasteiger partial charge is 0.228 e. The molecular formula is C17H20FN3O3. The minimum Gasteiger partial charge on any atom is -0.339 e. The van der Waals surface area contributed by atoms with Crippen molar-refractivity contribution in [2.75, 3.05) is 37.6 Å². The number of carbonyl (C=O) groups excluding carboxylic acids is 3. The van der Waals surface area contributed by atoms with E-state index in [1.165, 1.54) is 17.9 Å². The summed E-state index contributed by atoms with van der Waals surface area (Å²) in [6.07, 6.45) is 0.0973. The third-order valence-electron chi connectivity index (χ3n) is 4.65. The molecule has 0 spiro atoms. The Balaban J connectivity index is 1.65. The van der Waals surface area contributed by atoms with Gasteiger partial charge in [0.1, 0.15) is 5.82 Å². The van der Waals surface area contributed by atoms with Gasteiger partial charge < -0.3 is 14.7 Å². The molecule has 0 aliphatic carbocycles. The van der Waals surface area contributed by atoms with E-state index in [1.54, 1.807) is 28.0 Å². The van der Waals surface area contributed by atoms with Gasteiger partial charge in [0.15, 0.2) is 0 Å². The third-order valence-corrected chi connectivity index (χ3v) is 4.65. The minimum absolute atomic E-state index is 0.00358. The molecule has 0 radical (unpaired) electrons. The zero-order valence-electron chi connectivity index (χ0n) is 13.6. The quantitative estimate of drug-likeness (QED) is 0.807. The molecule has 1 aromatic carbocycles. The number of benzene rings is 1. The Bertz CT molecular complexity index is 671. The fraction of sp³-hybridized carbons (Fsp3) is 0.471. The highest BCUT2D eigenvalue weighted by Gasteiger charge is 2.38. The Morgan fingerprint density at radius 2 is 1.71 bits per heavy atom. The van der Waals surface area contributed by atoms with Crippen molar-refractivity contribution in [1.29, 1.82) is 0 Å². The molecule has 0 saturated carbocycles. The minimum atomic E-state index is -0.464. The van der Waals surface area contributed by atoms with E-state index < -0.39 is 11.7 Å². The van der Waals surface area contributed by atoms with E-state index in [-0.39, 0.29) is 36.4 Å². The van der Waals surface area contributed by atoms with E-state index in [9.17, 15) is 18.8 Å². The molecule has 2 heterocycles. The van der Waals surface area contributed by atoms with Crippen molar-refractivity contribution in [3.05, 3.63) is 30.1 Å². The topological polar surface area (TPSA) is 60.9 Å². The molecule has 128 valence electrons. The zero-order chi connectivity index (χ0) is 17.3. The summed E-state index contributed by atoms with van der Waals surface area (Å²) < 4.78 is 13.9. The lowest BCUT2D eigenvalue weighted by Gasteiger charge is -2.35. The number of anilines is 1. The number of hydrogen-bond donors (Lipinski definition) is 0. The summed E-state index contributed by atoms with van der Waals surface area (Å²) in [5.74, 6) is -1.25. The third kappa shape index (κ3) is 3.11. The lowest BCUT2D eigenvalue weighted by atomic mass is 10.1. The Morgan fingerprint density at radius 3 is 2.33 bits per heavy atom. The van der Waals surface area contributed by atoms with Gasteiger partial charge in [-0.25, -0.2) is 4.39 Å². The molecule has 0 N–H and O–H groups in total. The molecule has 2 fully saturated rings. The summed E-state index contributed by atoms with van der Waals surface area (Å²) in [6, 6.07) is 6.09. The molecule has 7 heteroatoms. The molecule has 0 unspecified atom stereocenters. The van der Waals surface area contributed by atoms with Crippen molar-refractivity contribution in [2.24, 2.45) is 5.92 Å². The van der Waals surface area contributed by atoms with Gasteiger partial charge in [-0.1, -0.05) is 12.1 Å². The number of halogens is 1. The van der Waals surface area contributed by atoms with Gasteiger partial charge in [0.25, 0.3) is 0 Å². The van der Waals surface area contributed by atoms with Crippen LogP contribution in [0.15, 0.2) is 24.3 Å². The molecule has 2 aliphatic heterocycles. The summed E-state index contributed by atoms with van der Waals surface area (Å²) in [5, 5.41) is 0. The van der Waals surface area contributed by atoms with Crippen LogP contribution in [0.25, 0.3) is 0 Å². The highest BCUT2D eigenvalue weighted by Crippen LogP contribution is 2.28. The molecular weight excluding hydrogens is 313 g/mol. The van der Waals surface area contributed by atoms with Gasteiger partial charge in [-0.15, -0.1) is 0 Å². The predicted molar refractivity (Wildman–Crippen MR) is 85.7 cm³/mol. The molecule has 1 atom stereocenters. The highest BCUT2D eigenvalue weighted by atomic mass is 19.1. The maximum absolute atomic E-state index is 13.9. The second kappa shape index (κ2) is 6.59. The number of para-hydroxylation sites is 1. The normalized spacial score (nSPS) is 21.3. The Labute approximate surface area is 139 Å².